The highest BCUT2D eigenvalue weighted by Crippen LogP contribution is 2.28. The molecular weight excluding hydrogens is 329 g/mol. The fraction of sp³-hybridized carbons (Fsp3) is 0.750. The molecule has 23 heavy (non-hydrogen) atoms. The van der Waals surface area contributed by atoms with E-state index in [0.29, 0.717) is 26.1 Å². The second-order valence-electron chi connectivity index (χ2n) is 5.04. The smallest absolute Gasteiger partial charge is 0.425 e. The average Bonchev–Trinajstić information content (AvgIpc) is 2.80. The van der Waals surface area contributed by atoms with E-state index < -0.39 is 30.7 Å². The Hall–Kier alpha value is -1.78. The van der Waals surface area contributed by atoms with Gasteiger partial charge in [0.15, 0.2) is 0 Å². The van der Waals surface area contributed by atoms with Crippen LogP contribution in [0.15, 0.2) is 10.1 Å². The third kappa shape index (κ3) is 4.36. The second-order valence-corrected chi connectivity index (χ2v) is 5.04. The summed E-state index contributed by atoms with van der Waals surface area (Å²) in [6.07, 6.45) is -7.60. The topological polar surface area (TPSA) is 72.3 Å². The summed E-state index contributed by atoms with van der Waals surface area (Å²) in [6.45, 7) is 0.798. The van der Waals surface area contributed by atoms with Gasteiger partial charge >= 0.3 is 12.1 Å². The van der Waals surface area contributed by atoms with Crippen molar-refractivity contribution < 1.29 is 36.2 Å². The number of carbonyl (C=O) groups excluding carboxylic acids is 1. The lowest BCUT2D eigenvalue weighted by Crippen LogP contribution is -2.53. The van der Waals surface area contributed by atoms with Crippen LogP contribution in [0.2, 0.25) is 0 Å². The Morgan fingerprint density at radius 3 is 2.70 bits per heavy atom. The van der Waals surface area contributed by atoms with E-state index >= 15 is 0 Å². The molecule has 0 aromatic carbocycles. The first-order valence-corrected chi connectivity index (χ1v) is 6.77. The number of hydrogen-bond donors (Lipinski definition) is 1. The van der Waals surface area contributed by atoms with E-state index in [2.05, 4.69) is 14.8 Å². The van der Waals surface area contributed by atoms with E-state index in [1.165, 1.54) is 0 Å². The molecular formula is C12H14F5N3O3. The Bertz CT molecular complexity index is 503. The summed E-state index contributed by atoms with van der Waals surface area (Å²) in [5.74, 6) is -2.59. The summed E-state index contributed by atoms with van der Waals surface area (Å²) in [5, 5.41) is 3.46. The Labute approximate surface area is 127 Å². The number of esters is 1. The van der Waals surface area contributed by atoms with Crippen molar-refractivity contribution in [3.8, 4) is 0 Å². The molecule has 1 N–H and O–H groups in total. The number of hydrazone groups is 1. The molecule has 2 aliphatic heterocycles. The first-order valence-electron chi connectivity index (χ1n) is 6.77. The van der Waals surface area contributed by atoms with Crippen molar-refractivity contribution in [1.82, 2.24) is 5.43 Å². The number of hydrogen-bond acceptors (Lipinski definition) is 6. The van der Waals surface area contributed by atoms with Gasteiger partial charge in [0, 0.05) is 13.2 Å². The van der Waals surface area contributed by atoms with Gasteiger partial charge in [0.2, 0.25) is 12.2 Å². The van der Waals surface area contributed by atoms with Gasteiger partial charge in [-0.15, -0.1) is 0 Å². The maximum absolute atomic E-state index is 12.8. The number of alkyl halides is 5. The van der Waals surface area contributed by atoms with Crippen LogP contribution < -0.4 is 5.43 Å². The van der Waals surface area contributed by atoms with Crippen molar-refractivity contribution in [1.29, 1.82) is 0 Å². The fourth-order valence-electron chi connectivity index (χ4n) is 2.21. The maximum atomic E-state index is 12.8. The summed E-state index contributed by atoms with van der Waals surface area (Å²) in [4.78, 5) is 15.2. The van der Waals surface area contributed by atoms with E-state index in [0.717, 1.165) is 6.21 Å². The van der Waals surface area contributed by atoms with Crippen LogP contribution >= 0.6 is 0 Å². The van der Waals surface area contributed by atoms with Gasteiger partial charge in [0.05, 0.1) is 18.7 Å². The SMILES string of the molecule is O=C(OC1(CC(F)F)NN=CC1=NC1CCOCC1)C(F)(F)F. The van der Waals surface area contributed by atoms with E-state index in [1.807, 2.05) is 5.43 Å². The van der Waals surface area contributed by atoms with E-state index in [9.17, 15) is 26.7 Å². The number of aliphatic imine (C=N–C) groups is 1. The largest absolute Gasteiger partial charge is 0.491 e. The molecule has 6 nitrogen and oxygen atoms in total. The van der Waals surface area contributed by atoms with Gasteiger partial charge < -0.3 is 9.47 Å². The first-order chi connectivity index (χ1) is 10.7. The molecule has 0 amide bonds. The van der Waals surface area contributed by atoms with Crippen LogP contribution in [-0.4, -0.2) is 55.5 Å². The van der Waals surface area contributed by atoms with Gasteiger partial charge in [-0.05, 0) is 12.8 Å². The molecule has 2 rings (SSSR count). The summed E-state index contributed by atoms with van der Waals surface area (Å²) >= 11 is 0. The molecule has 1 saturated heterocycles. The quantitative estimate of drug-likeness (QED) is 0.622. The predicted octanol–water partition coefficient (Wildman–Crippen LogP) is 1.65. The molecule has 11 heteroatoms. The molecule has 0 aromatic rings. The van der Waals surface area contributed by atoms with Gasteiger partial charge in [-0.2, -0.15) is 18.3 Å². The Kier molecular flexibility index (Phi) is 5.17. The Balaban J connectivity index is 2.25. The summed E-state index contributed by atoms with van der Waals surface area (Å²) in [5.41, 5.74) is -0.651. The molecule has 0 radical (unpaired) electrons. The molecule has 0 bridgehead atoms. The van der Waals surface area contributed by atoms with Crippen LogP contribution in [0, 0.1) is 0 Å². The van der Waals surface area contributed by atoms with Crippen LogP contribution in [0.25, 0.3) is 0 Å². The number of carbonyl (C=O) groups is 1. The normalized spacial score (nSPS) is 27.5. The van der Waals surface area contributed by atoms with E-state index in [-0.39, 0.29) is 11.8 Å². The van der Waals surface area contributed by atoms with Crippen molar-refractivity contribution in [2.24, 2.45) is 10.1 Å². The number of ether oxygens (including phenoxy) is 2. The van der Waals surface area contributed by atoms with Gasteiger partial charge in [-0.25, -0.2) is 13.6 Å². The highest BCUT2D eigenvalue weighted by Gasteiger charge is 2.51. The Morgan fingerprint density at radius 2 is 2.13 bits per heavy atom. The van der Waals surface area contributed by atoms with Gasteiger partial charge in [0.1, 0.15) is 5.71 Å². The molecule has 1 unspecified atom stereocenters. The molecule has 1 fully saturated rings. The lowest BCUT2D eigenvalue weighted by Gasteiger charge is -2.30. The molecule has 2 aliphatic rings. The third-order valence-electron chi connectivity index (χ3n) is 3.30. The zero-order chi connectivity index (χ0) is 17.1. The molecule has 0 aliphatic carbocycles. The second kappa shape index (κ2) is 6.77. The minimum absolute atomic E-state index is 0.262. The van der Waals surface area contributed by atoms with Gasteiger partial charge in [-0.3, -0.25) is 10.4 Å². The van der Waals surface area contributed by atoms with Crippen LogP contribution in [0.5, 0.6) is 0 Å². The van der Waals surface area contributed by atoms with Gasteiger partial charge in [-0.1, -0.05) is 0 Å². The van der Waals surface area contributed by atoms with E-state index in [1.54, 1.807) is 0 Å². The maximum Gasteiger partial charge on any atom is 0.491 e. The molecule has 0 saturated carbocycles. The van der Waals surface area contributed by atoms with Crippen molar-refractivity contribution in [3.05, 3.63) is 0 Å². The van der Waals surface area contributed by atoms with Crippen LogP contribution in [0.1, 0.15) is 19.3 Å². The minimum Gasteiger partial charge on any atom is -0.425 e. The van der Waals surface area contributed by atoms with Crippen molar-refractivity contribution in [2.45, 2.75) is 43.6 Å². The number of rotatable bonds is 4. The fourth-order valence-corrected chi connectivity index (χ4v) is 2.21. The molecule has 130 valence electrons. The number of nitrogens with zero attached hydrogens (tertiary/aromatic N) is 2. The van der Waals surface area contributed by atoms with Crippen molar-refractivity contribution >= 4 is 17.9 Å². The molecule has 2 heterocycles. The zero-order valence-corrected chi connectivity index (χ0v) is 11.8. The van der Waals surface area contributed by atoms with Crippen molar-refractivity contribution in [3.63, 3.8) is 0 Å². The van der Waals surface area contributed by atoms with Crippen molar-refractivity contribution in [2.75, 3.05) is 13.2 Å². The highest BCUT2D eigenvalue weighted by atomic mass is 19.4. The summed E-state index contributed by atoms with van der Waals surface area (Å²) in [6, 6.07) is -0.327. The lowest BCUT2D eigenvalue weighted by molar-refractivity contribution is -0.212. The standard InChI is InChI=1S/C12H14F5N3O3/c13-9(14)5-11(23-10(21)12(15,16)17)8(6-18-20-11)19-7-1-3-22-4-2-7/h6-7,9,20H,1-5H2. The average molecular weight is 343 g/mol. The van der Waals surface area contributed by atoms with Crippen LogP contribution in [0.4, 0.5) is 22.0 Å². The van der Waals surface area contributed by atoms with E-state index in [4.69, 9.17) is 4.74 Å². The molecule has 0 aromatic heterocycles. The third-order valence-corrected chi connectivity index (χ3v) is 3.30. The number of nitrogens with one attached hydrogen (secondary N) is 1. The Morgan fingerprint density at radius 1 is 1.48 bits per heavy atom. The predicted molar refractivity (Wildman–Crippen MR) is 68.4 cm³/mol. The summed E-state index contributed by atoms with van der Waals surface area (Å²) in [7, 11) is 0. The summed E-state index contributed by atoms with van der Waals surface area (Å²) < 4.78 is 72.2. The highest BCUT2D eigenvalue weighted by molar-refractivity contribution is 6.35. The molecule has 1 atom stereocenters. The lowest BCUT2D eigenvalue weighted by atomic mass is 10.0. The van der Waals surface area contributed by atoms with Gasteiger partial charge in [0.25, 0.3) is 0 Å². The number of halogens is 5. The molecule has 0 spiro atoms. The minimum atomic E-state index is -5.32. The zero-order valence-electron chi connectivity index (χ0n) is 11.8. The first kappa shape index (κ1) is 17.6. The monoisotopic (exact) mass is 343 g/mol. The van der Waals surface area contributed by atoms with Crippen LogP contribution in [-0.2, 0) is 14.3 Å². The van der Waals surface area contributed by atoms with Crippen LogP contribution in [0.3, 0.4) is 0 Å².